The van der Waals surface area contributed by atoms with Crippen molar-refractivity contribution in [1.29, 1.82) is 0 Å². The number of amides is 3. The zero-order valence-electron chi connectivity index (χ0n) is 20.4. The van der Waals surface area contributed by atoms with Crippen molar-refractivity contribution in [2.75, 3.05) is 17.2 Å². The van der Waals surface area contributed by atoms with E-state index >= 15 is 0 Å². The smallest absolute Gasteiger partial charge is 0.335 e. The van der Waals surface area contributed by atoms with Crippen LogP contribution in [0.1, 0.15) is 48.5 Å². The number of carboxylic acid groups (broad SMARTS) is 1. The van der Waals surface area contributed by atoms with Gasteiger partial charge in [-0.15, -0.1) is 0 Å². The summed E-state index contributed by atoms with van der Waals surface area (Å²) in [5.41, 5.74) is 1.77. The van der Waals surface area contributed by atoms with Crippen LogP contribution in [-0.4, -0.2) is 40.5 Å². The van der Waals surface area contributed by atoms with E-state index in [0.29, 0.717) is 36.6 Å². The maximum absolute atomic E-state index is 14.8. The first-order chi connectivity index (χ1) is 17.6. The molecule has 3 N–H and O–H groups in total. The lowest BCUT2D eigenvalue weighted by atomic mass is 10.0. The second-order valence-electron chi connectivity index (χ2n) is 9.24. The molecule has 0 aliphatic carbocycles. The lowest BCUT2D eigenvalue weighted by Gasteiger charge is -2.24. The van der Waals surface area contributed by atoms with Gasteiger partial charge in [-0.3, -0.25) is 4.79 Å². The average molecular weight is 508 g/mol. The molecule has 0 bridgehead atoms. The number of nitrogens with zero attached hydrogens (tertiary/aromatic N) is 1. The van der Waals surface area contributed by atoms with Crippen molar-refractivity contribution in [1.82, 2.24) is 4.90 Å². The molecule has 1 heterocycles. The summed E-state index contributed by atoms with van der Waals surface area (Å²) < 4.78 is 29.7. The number of hydrogen-bond acceptors (Lipinski definition) is 3. The van der Waals surface area contributed by atoms with E-state index < -0.39 is 41.3 Å². The van der Waals surface area contributed by atoms with Crippen LogP contribution < -0.4 is 10.6 Å². The van der Waals surface area contributed by atoms with Crippen molar-refractivity contribution in [3.63, 3.8) is 0 Å². The third-order valence-corrected chi connectivity index (χ3v) is 6.40. The predicted molar refractivity (Wildman–Crippen MR) is 137 cm³/mol. The van der Waals surface area contributed by atoms with Gasteiger partial charge in [-0.1, -0.05) is 38.1 Å². The van der Waals surface area contributed by atoms with Gasteiger partial charge >= 0.3 is 12.0 Å². The third kappa shape index (κ3) is 5.77. The SMILES string of the molecule is CC(C)c1ccc(NC(=O)N2CCC[C@H]2C(=O)Nc2c(F)cc(-c3ccc(C(=O)O)cc3)cc2F)cc1. The number of urea groups is 1. The molecule has 37 heavy (non-hydrogen) atoms. The number of aromatic carboxylic acids is 1. The zero-order chi connectivity index (χ0) is 26.7. The normalized spacial score (nSPS) is 15.1. The molecule has 0 unspecified atom stereocenters. The number of carbonyl (C=O) groups is 3. The van der Waals surface area contributed by atoms with Crippen molar-refractivity contribution >= 4 is 29.3 Å². The number of nitrogens with one attached hydrogen (secondary N) is 2. The van der Waals surface area contributed by atoms with Gasteiger partial charge in [0.25, 0.3) is 0 Å². The summed E-state index contributed by atoms with van der Waals surface area (Å²) in [5, 5.41) is 14.1. The van der Waals surface area contributed by atoms with E-state index in [9.17, 15) is 23.2 Å². The highest BCUT2D eigenvalue weighted by atomic mass is 19.1. The summed E-state index contributed by atoms with van der Waals surface area (Å²) in [4.78, 5) is 38.2. The van der Waals surface area contributed by atoms with Gasteiger partial charge in [0.05, 0.1) is 5.56 Å². The molecule has 1 atom stereocenters. The summed E-state index contributed by atoms with van der Waals surface area (Å²) >= 11 is 0. The predicted octanol–water partition coefficient (Wildman–Crippen LogP) is 6.09. The van der Waals surface area contributed by atoms with Crippen molar-refractivity contribution in [2.24, 2.45) is 0 Å². The Morgan fingerprint density at radius 2 is 1.54 bits per heavy atom. The minimum atomic E-state index is -1.11. The van der Waals surface area contributed by atoms with E-state index in [1.807, 2.05) is 12.1 Å². The summed E-state index contributed by atoms with van der Waals surface area (Å²) in [5.74, 6) is -3.40. The summed E-state index contributed by atoms with van der Waals surface area (Å²) in [7, 11) is 0. The molecule has 7 nitrogen and oxygen atoms in total. The first-order valence-corrected chi connectivity index (χ1v) is 11.9. The second-order valence-corrected chi connectivity index (χ2v) is 9.24. The van der Waals surface area contributed by atoms with Crippen LogP contribution in [-0.2, 0) is 4.79 Å². The molecule has 0 saturated carbocycles. The van der Waals surface area contributed by atoms with Crippen LogP contribution in [0.3, 0.4) is 0 Å². The Balaban J connectivity index is 1.46. The fourth-order valence-electron chi connectivity index (χ4n) is 4.30. The van der Waals surface area contributed by atoms with E-state index in [-0.39, 0.29) is 11.1 Å². The molecule has 1 fully saturated rings. The highest BCUT2D eigenvalue weighted by Gasteiger charge is 2.35. The summed E-state index contributed by atoms with van der Waals surface area (Å²) in [6, 6.07) is 13.8. The molecule has 4 rings (SSSR count). The molecule has 0 spiro atoms. The van der Waals surface area contributed by atoms with Gasteiger partial charge in [0.1, 0.15) is 23.4 Å². The van der Waals surface area contributed by atoms with Crippen molar-refractivity contribution in [3.8, 4) is 11.1 Å². The Morgan fingerprint density at radius 1 is 0.919 bits per heavy atom. The molecule has 0 aromatic heterocycles. The number of benzene rings is 3. The topological polar surface area (TPSA) is 98.7 Å². The van der Waals surface area contributed by atoms with Crippen LogP contribution in [0.15, 0.2) is 60.7 Å². The Bertz CT molecular complexity index is 1300. The van der Waals surface area contributed by atoms with Gasteiger partial charge in [0, 0.05) is 12.2 Å². The minimum Gasteiger partial charge on any atom is -0.478 e. The van der Waals surface area contributed by atoms with Crippen molar-refractivity contribution in [3.05, 3.63) is 83.4 Å². The number of rotatable bonds is 6. The molecular formula is C28H27F2N3O4. The number of likely N-dealkylation sites (tertiary alicyclic amines) is 1. The van der Waals surface area contributed by atoms with Crippen molar-refractivity contribution in [2.45, 2.75) is 38.6 Å². The van der Waals surface area contributed by atoms with E-state index in [1.165, 1.54) is 29.2 Å². The van der Waals surface area contributed by atoms with Crippen LogP contribution in [0.5, 0.6) is 0 Å². The van der Waals surface area contributed by atoms with Crippen LogP contribution in [0.4, 0.5) is 25.0 Å². The lowest BCUT2D eigenvalue weighted by molar-refractivity contribution is -0.119. The Kier molecular flexibility index (Phi) is 7.52. The minimum absolute atomic E-state index is 0.0475. The molecule has 3 aromatic rings. The zero-order valence-corrected chi connectivity index (χ0v) is 20.4. The van der Waals surface area contributed by atoms with Gasteiger partial charge in [-0.2, -0.15) is 0 Å². The molecular weight excluding hydrogens is 480 g/mol. The largest absolute Gasteiger partial charge is 0.478 e. The quantitative estimate of drug-likeness (QED) is 0.376. The van der Waals surface area contributed by atoms with Crippen molar-refractivity contribution < 1.29 is 28.3 Å². The average Bonchev–Trinajstić information content (AvgIpc) is 3.37. The van der Waals surface area contributed by atoms with Crippen LogP contribution in [0, 0.1) is 11.6 Å². The highest BCUT2D eigenvalue weighted by molar-refractivity contribution is 6.00. The Labute approximate surface area is 213 Å². The number of halogens is 2. The molecule has 3 amide bonds. The van der Waals surface area contributed by atoms with Gasteiger partial charge < -0.3 is 20.6 Å². The summed E-state index contributed by atoms with van der Waals surface area (Å²) in [6.07, 6.45) is 0.941. The fraction of sp³-hybridized carbons (Fsp3) is 0.250. The molecule has 9 heteroatoms. The van der Waals surface area contributed by atoms with E-state index in [4.69, 9.17) is 5.11 Å². The van der Waals surface area contributed by atoms with Crippen LogP contribution >= 0.6 is 0 Å². The first kappa shape index (κ1) is 25.8. The number of carbonyl (C=O) groups excluding carboxylic acids is 2. The van der Waals surface area contributed by atoms with E-state index in [2.05, 4.69) is 24.5 Å². The van der Waals surface area contributed by atoms with Gasteiger partial charge in [0.15, 0.2) is 0 Å². The summed E-state index contributed by atoms with van der Waals surface area (Å²) in [6.45, 7) is 4.47. The number of hydrogen-bond donors (Lipinski definition) is 3. The van der Waals surface area contributed by atoms with Crippen LogP contribution in [0.25, 0.3) is 11.1 Å². The van der Waals surface area contributed by atoms with E-state index in [0.717, 1.165) is 17.7 Å². The molecule has 3 aromatic carbocycles. The van der Waals surface area contributed by atoms with Crippen LogP contribution in [0.2, 0.25) is 0 Å². The lowest BCUT2D eigenvalue weighted by Crippen LogP contribution is -2.45. The maximum atomic E-state index is 14.8. The highest BCUT2D eigenvalue weighted by Crippen LogP contribution is 2.29. The monoisotopic (exact) mass is 507 g/mol. The standard InChI is InChI=1S/C28H27F2N3O4/c1-16(2)17-9-11-21(12-10-17)31-28(37)33-13-3-4-24(33)26(34)32-25-22(29)14-20(15-23(25)30)18-5-7-19(8-6-18)27(35)36/h5-12,14-16,24H,3-4,13H2,1-2H3,(H,31,37)(H,32,34)(H,35,36)/t24-/m0/s1. The fourth-order valence-corrected chi connectivity index (χ4v) is 4.30. The second kappa shape index (κ2) is 10.8. The number of carboxylic acids is 1. The Hall–Kier alpha value is -4.27. The molecule has 192 valence electrons. The Morgan fingerprint density at radius 3 is 2.11 bits per heavy atom. The third-order valence-electron chi connectivity index (χ3n) is 6.40. The van der Waals surface area contributed by atoms with Gasteiger partial charge in [-0.25, -0.2) is 18.4 Å². The molecule has 1 saturated heterocycles. The van der Waals surface area contributed by atoms with E-state index in [1.54, 1.807) is 12.1 Å². The molecule has 0 radical (unpaired) electrons. The van der Waals surface area contributed by atoms with Gasteiger partial charge in [0.2, 0.25) is 5.91 Å². The molecule has 1 aliphatic rings. The number of anilines is 2. The molecule has 1 aliphatic heterocycles. The maximum Gasteiger partial charge on any atom is 0.335 e. The van der Waals surface area contributed by atoms with Gasteiger partial charge in [-0.05, 0) is 71.8 Å². The first-order valence-electron chi connectivity index (χ1n) is 11.9.